The van der Waals surface area contributed by atoms with Crippen molar-refractivity contribution in [1.82, 2.24) is 19.9 Å². The largest absolute Gasteiger partial charge is 0.619 e. The number of fused-ring (bicyclic) bond motifs is 1. The van der Waals surface area contributed by atoms with Crippen molar-refractivity contribution in [2.45, 2.75) is 24.8 Å². The van der Waals surface area contributed by atoms with Crippen LogP contribution in [0.2, 0.25) is 0 Å². The number of hydrogen-bond donors (Lipinski definition) is 3. The topological polar surface area (TPSA) is 163 Å². The minimum absolute atomic E-state index is 0.0684. The van der Waals surface area contributed by atoms with Crippen LogP contribution in [0.3, 0.4) is 0 Å². The van der Waals surface area contributed by atoms with Gasteiger partial charge in [0, 0.05) is 59.1 Å². The minimum Gasteiger partial charge on any atom is -0.619 e. The van der Waals surface area contributed by atoms with E-state index in [9.17, 15) is 18.4 Å². The number of halogens is 1. The Kier molecular flexibility index (Phi) is 10.9. The van der Waals surface area contributed by atoms with Crippen molar-refractivity contribution in [2.24, 2.45) is 0 Å². The lowest BCUT2D eigenvalue weighted by atomic mass is 10.2. The van der Waals surface area contributed by atoms with E-state index in [0.29, 0.717) is 50.9 Å². The number of aromatic nitrogens is 4. The maximum absolute atomic E-state index is 12.2. The molecule has 0 radical (unpaired) electrons. The van der Waals surface area contributed by atoms with Gasteiger partial charge in [0.05, 0.1) is 37.5 Å². The molecule has 0 aliphatic carbocycles. The number of anilines is 2. The molecule has 0 saturated heterocycles. The molecule has 4 rings (SSSR count). The van der Waals surface area contributed by atoms with Gasteiger partial charge >= 0.3 is 0 Å². The molecule has 1 aromatic carbocycles. The number of hydrogen-bond acceptors (Lipinski definition) is 10. The van der Waals surface area contributed by atoms with Gasteiger partial charge in [-0.15, -0.1) is 0 Å². The highest BCUT2D eigenvalue weighted by atomic mass is 35.7. The smallest absolute Gasteiger partial charge is 0.261 e. The molecule has 224 valence electrons. The predicted octanol–water partition coefficient (Wildman–Crippen LogP) is 2.34. The van der Waals surface area contributed by atoms with Gasteiger partial charge in [-0.05, 0) is 36.8 Å². The summed E-state index contributed by atoms with van der Waals surface area (Å²) in [6.45, 7) is 4.76. The molecule has 4 aromatic rings. The van der Waals surface area contributed by atoms with E-state index in [4.69, 9.17) is 25.1 Å². The Labute approximate surface area is 247 Å². The summed E-state index contributed by atoms with van der Waals surface area (Å²) >= 11 is 0. The molecule has 13 nitrogen and oxygen atoms in total. The number of carbonyl (C=O) groups excluding carboxylic acids is 1. The second-order valence-corrected chi connectivity index (χ2v) is 11.6. The second kappa shape index (κ2) is 14.8. The van der Waals surface area contributed by atoms with Crippen LogP contribution in [0, 0.1) is 5.21 Å². The second-order valence-electron chi connectivity index (χ2n) is 9.08. The van der Waals surface area contributed by atoms with Gasteiger partial charge in [-0.3, -0.25) is 4.79 Å². The fourth-order valence-corrected chi connectivity index (χ4v) is 4.72. The molecule has 3 aromatic heterocycles. The third-order valence-corrected chi connectivity index (χ3v) is 7.46. The Morgan fingerprint density at radius 1 is 1.07 bits per heavy atom. The molecule has 0 unspecified atom stereocenters. The fraction of sp³-hybridized carbons (Fsp3) is 0.333. The first-order chi connectivity index (χ1) is 20.2. The van der Waals surface area contributed by atoms with E-state index in [-0.39, 0.29) is 17.3 Å². The first-order valence-corrected chi connectivity index (χ1v) is 15.6. The zero-order valence-electron chi connectivity index (χ0n) is 23.0. The summed E-state index contributed by atoms with van der Waals surface area (Å²) in [6, 6.07) is 10.8. The summed E-state index contributed by atoms with van der Waals surface area (Å²) in [7, 11) is 1.45. The maximum atomic E-state index is 12.2. The Morgan fingerprint density at radius 2 is 1.81 bits per heavy atom. The van der Waals surface area contributed by atoms with Crippen LogP contribution in [-0.2, 0) is 31.5 Å². The number of rotatable bonds is 16. The molecule has 0 saturated carbocycles. The van der Waals surface area contributed by atoms with E-state index >= 15 is 0 Å². The normalized spacial score (nSPS) is 11.5. The third kappa shape index (κ3) is 8.76. The molecular formula is C27H32ClN7O6S. The summed E-state index contributed by atoms with van der Waals surface area (Å²) in [4.78, 5) is 16.8. The number of amides is 1. The summed E-state index contributed by atoms with van der Waals surface area (Å²) in [6.07, 6.45) is 5.54. The highest BCUT2D eigenvalue weighted by Gasteiger charge is 2.13. The standard InChI is InChI=1S/C27H32ClN7O6S/c1-2-21-18-32-35-25(31-17-20-4-3-11-34(37)19-20)16-24(33-26(21)35)29-9-12-40-14-15-41-13-10-30-27(36)22-5-7-23(8-6-22)42(28,38)39/h3-8,11,16,18-19,31H,2,9-10,12-15,17H2,1H3,(H,29,33)(H,30,36). The van der Waals surface area contributed by atoms with Gasteiger partial charge in [-0.25, -0.2) is 13.4 Å². The molecule has 42 heavy (non-hydrogen) atoms. The van der Waals surface area contributed by atoms with Crippen molar-refractivity contribution in [2.75, 3.05) is 50.2 Å². The van der Waals surface area contributed by atoms with Crippen molar-refractivity contribution in [3.05, 3.63) is 83.0 Å². The van der Waals surface area contributed by atoms with E-state index in [1.807, 2.05) is 19.1 Å². The van der Waals surface area contributed by atoms with Crippen molar-refractivity contribution in [3.63, 3.8) is 0 Å². The van der Waals surface area contributed by atoms with Gasteiger partial charge in [0.2, 0.25) is 0 Å². The molecule has 0 aliphatic heterocycles. The summed E-state index contributed by atoms with van der Waals surface area (Å²) in [5.41, 5.74) is 2.92. The quantitative estimate of drug-likeness (QED) is 0.0736. The highest BCUT2D eigenvalue weighted by Crippen LogP contribution is 2.20. The molecule has 0 spiro atoms. The molecule has 1 amide bonds. The number of nitrogens with one attached hydrogen (secondary N) is 3. The van der Waals surface area contributed by atoms with Crippen molar-refractivity contribution in [1.29, 1.82) is 0 Å². The summed E-state index contributed by atoms with van der Waals surface area (Å²) < 4.78 is 36.2. The lowest BCUT2D eigenvalue weighted by molar-refractivity contribution is -0.605. The van der Waals surface area contributed by atoms with Crippen molar-refractivity contribution in [3.8, 4) is 0 Å². The molecule has 0 atom stereocenters. The average Bonchev–Trinajstić information content (AvgIpc) is 3.39. The van der Waals surface area contributed by atoms with E-state index in [2.05, 4.69) is 21.0 Å². The lowest BCUT2D eigenvalue weighted by Crippen LogP contribution is -2.27. The SMILES string of the molecule is CCc1cnn2c(NCc3ccc[n+]([O-])c3)cc(NCCOCCOCCNC(=O)c3ccc(S(=O)(=O)Cl)cc3)nc12. The van der Waals surface area contributed by atoms with Crippen LogP contribution in [0.1, 0.15) is 28.4 Å². The fourth-order valence-electron chi connectivity index (χ4n) is 3.95. The number of pyridine rings is 1. The Bertz CT molecular complexity index is 1600. The van der Waals surface area contributed by atoms with Crippen molar-refractivity contribution >= 4 is 42.9 Å². The van der Waals surface area contributed by atoms with E-state index in [1.54, 1.807) is 16.8 Å². The zero-order chi connectivity index (χ0) is 30.0. The lowest BCUT2D eigenvalue weighted by Gasteiger charge is -2.12. The predicted molar refractivity (Wildman–Crippen MR) is 157 cm³/mol. The molecule has 0 aliphatic rings. The van der Waals surface area contributed by atoms with Crippen LogP contribution in [0.4, 0.5) is 11.6 Å². The van der Waals surface area contributed by atoms with Crippen LogP contribution in [0.5, 0.6) is 0 Å². The number of aryl methyl sites for hydroxylation is 1. The average molecular weight is 618 g/mol. The van der Waals surface area contributed by atoms with Gasteiger partial charge in [0.25, 0.3) is 15.0 Å². The van der Waals surface area contributed by atoms with Gasteiger partial charge in [-0.1, -0.05) is 6.92 Å². The van der Waals surface area contributed by atoms with Crippen LogP contribution in [0.25, 0.3) is 5.65 Å². The number of benzene rings is 1. The molecule has 0 fully saturated rings. The van der Waals surface area contributed by atoms with Gasteiger partial charge in [0.15, 0.2) is 18.0 Å². The van der Waals surface area contributed by atoms with Crippen LogP contribution in [-0.4, -0.2) is 68.4 Å². The number of carbonyl (C=O) groups is 1. The summed E-state index contributed by atoms with van der Waals surface area (Å²) in [5, 5.41) is 25.3. The maximum Gasteiger partial charge on any atom is 0.261 e. The van der Waals surface area contributed by atoms with Gasteiger partial charge < -0.3 is 30.6 Å². The first-order valence-electron chi connectivity index (χ1n) is 13.3. The van der Waals surface area contributed by atoms with Crippen LogP contribution >= 0.6 is 10.7 Å². The molecule has 3 heterocycles. The monoisotopic (exact) mass is 617 g/mol. The van der Waals surface area contributed by atoms with E-state index < -0.39 is 9.05 Å². The first kappa shape index (κ1) is 31.0. The van der Waals surface area contributed by atoms with E-state index in [1.165, 1.54) is 36.7 Å². The molecule has 15 heteroatoms. The Hall–Kier alpha value is -3.98. The van der Waals surface area contributed by atoms with Crippen LogP contribution in [0.15, 0.2) is 66.0 Å². The molecule has 3 N–H and O–H groups in total. The minimum atomic E-state index is -3.83. The number of nitrogens with zero attached hydrogens (tertiary/aromatic N) is 4. The Morgan fingerprint density at radius 3 is 2.50 bits per heavy atom. The zero-order valence-corrected chi connectivity index (χ0v) is 24.5. The highest BCUT2D eigenvalue weighted by molar-refractivity contribution is 8.13. The van der Waals surface area contributed by atoms with Crippen molar-refractivity contribution < 1.29 is 27.4 Å². The van der Waals surface area contributed by atoms with Gasteiger partial charge in [-0.2, -0.15) is 14.3 Å². The Balaban J connectivity index is 1.15. The molecule has 0 bridgehead atoms. The number of ether oxygens (including phenoxy) is 2. The van der Waals surface area contributed by atoms with E-state index in [0.717, 1.165) is 33.7 Å². The summed E-state index contributed by atoms with van der Waals surface area (Å²) in [5.74, 6) is 1.06. The third-order valence-electron chi connectivity index (χ3n) is 6.09. The van der Waals surface area contributed by atoms with Gasteiger partial charge in [0.1, 0.15) is 11.6 Å². The van der Waals surface area contributed by atoms with Crippen LogP contribution < -0.4 is 20.7 Å². The molecular weight excluding hydrogens is 586 g/mol.